The summed E-state index contributed by atoms with van der Waals surface area (Å²) in [6.07, 6.45) is 3.44. The van der Waals surface area contributed by atoms with Crippen LogP contribution in [0.5, 0.6) is 0 Å². The molecule has 0 aliphatic rings. The van der Waals surface area contributed by atoms with Crippen molar-refractivity contribution in [1.82, 2.24) is 9.55 Å². The average molecular weight is 352 g/mol. The number of nitrogens with one attached hydrogen (secondary N) is 2. The number of imidazole rings is 1. The van der Waals surface area contributed by atoms with Gasteiger partial charge in [-0.25, -0.2) is 4.98 Å². The molecule has 0 saturated heterocycles. The molecule has 134 valence electrons. The summed E-state index contributed by atoms with van der Waals surface area (Å²) in [4.78, 5) is 28.6. The van der Waals surface area contributed by atoms with Gasteiger partial charge in [0.15, 0.2) is 5.76 Å². The first-order valence-electron chi connectivity index (χ1n) is 8.22. The lowest BCUT2D eigenvalue weighted by atomic mass is 10.2. The number of rotatable bonds is 5. The molecule has 0 aliphatic carbocycles. The molecule has 0 radical (unpaired) electrons. The van der Waals surface area contributed by atoms with E-state index in [4.69, 9.17) is 4.42 Å². The Morgan fingerprint density at radius 2 is 1.69 bits per heavy atom. The van der Waals surface area contributed by atoms with Crippen molar-refractivity contribution in [1.29, 1.82) is 0 Å². The van der Waals surface area contributed by atoms with E-state index in [0.29, 0.717) is 17.1 Å². The predicted molar refractivity (Wildman–Crippen MR) is 98.1 cm³/mol. The van der Waals surface area contributed by atoms with E-state index >= 15 is 0 Å². The number of aromatic nitrogens is 2. The molecule has 2 aromatic heterocycles. The van der Waals surface area contributed by atoms with Crippen LogP contribution in [0.4, 0.5) is 11.4 Å². The molecule has 2 amide bonds. The zero-order valence-corrected chi connectivity index (χ0v) is 14.8. The molecule has 0 saturated carbocycles. The number of carbonyl (C=O) groups excluding carboxylic acids is 2. The molecule has 1 aromatic carbocycles. The van der Waals surface area contributed by atoms with Gasteiger partial charge in [0.25, 0.3) is 5.91 Å². The fourth-order valence-corrected chi connectivity index (χ4v) is 2.56. The van der Waals surface area contributed by atoms with E-state index in [2.05, 4.69) is 15.6 Å². The molecular weight excluding hydrogens is 332 g/mol. The van der Waals surface area contributed by atoms with E-state index in [-0.39, 0.29) is 23.6 Å². The van der Waals surface area contributed by atoms with E-state index in [1.54, 1.807) is 60.3 Å². The Morgan fingerprint density at radius 3 is 2.23 bits per heavy atom. The number of amides is 2. The number of hydrogen-bond donors (Lipinski definition) is 2. The van der Waals surface area contributed by atoms with Crippen molar-refractivity contribution in [2.45, 2.75) is 26.8 Å². The maximum absolute atomic E-state index is 12.4. The van der Waals surface area contributed by atoms with Crippen LogP contribution < -0.4 is 10.6 Å². The summed E-state index contributed by atoms with van der Waals surface area (Å²) in [6.45, 7) is 5.44. The van der Waals surface area contributed by atoms with Crippen LogP contribution in [0.3, 0.4) is 0 Å². The molecule has 0 aliphatic heterocycles. The first kappa shape index (κ1) is 17.5. The monoisotopic (exact) mass is 352 g/mol. The SMILES string of the molecule is Cc1ccc(C(=O)Nc2ccc(NC(=O)C(C)n3ccnc3C)cc2)o1. The topological polar surface area (TPSA) is 89.2 Å². The normalized spacial score (nSPS) is 11.8. The van der Waals surface area contributed by atoms with E-state index in [9.17, 15) is 9.59 Å². The summed E-state index contributed by atoms with van der Waals surface area (Å²) >= 11 is 0. The van der Waals surface area contributed by atoms with Crippen LogP contribution in [0.15, 0.2) is 53.2 Å². The second kappa shape index (κ2) is 7.26. The van der Waals surface area contributed by atoms with Crippen LogP contribution in [0.25, 0.3) is 0 Å². The van der Waals surface area contributed by atoms with Gasteiger partial charge < -0.3 is 19.6 Å². The first-order valence-corrected chi connectivity index (χ1v) is 8.22. The molecule has 0 bridgehead atoms. The molecular formula is C19H20N4O3. The summed E-state index contributed by atoms with van der Waals surface area (Å²) in [5.41, 5.74) is 1.26. The molecule has 3 aromatic rings. The third-order valence-electron chi connectivity index (χ3n) is 4.03. The standard InChI is InChI=1S/C19H20N4O3/c1-12-4-9-17(26-12)19(25)22-16-7-5-15(6-8-16)21-18(24)13(2)23-11-10-20-14(23)3/h4-11,13H,1-3H3,(H,21,24)(H,22,25). The van der Waals surface area contributed by atoms with Gasteiger partial charge in [-0.3, -0.25) is 9.59 Å². The van der Waals surface area contributed by atoms with Crippen LogP contribution in [-0.2, 0) is 4.79 Å². The van der Waals surface area contributed by atoms with Crippen molar-refractivity contribution in [2.24, 2.45) is 0 Å². The van der Waals surface area contributed by atoms with Gasteiger partial charge in [0.2, 0.25) is 5.91 Å². The number of aryl methyl sites for hydroxylation is 2. The fourth-order valence-electron chi connectivity index (χ4n) is 2.56. The number of anilines is 2. The van der Waals surface area contributed by atoms with Gasteiger partial charge >= 0.3 is 0 Å². The Hall–Kier alpha value is -3.35. The third kappa shape index (κ3) is 3.83. The van der Waals surface area contributed by atoms with Gasteiger partial charge in [0.1, 0.15) is 17.6 Å². The molecule has 1 atom stereocenters. The number of furan rings is 1. The Bertz CT molecular complexity index is 924. The van der Waals surface area contributed by atoms with E-state index in [1.807, 2.05) is 13.8 Å². The Balaban J connectivity index is 1.61. The lowest BCUT2D eigenvalue weighted by molar-refractivity contribution is -0.118. The van der Waals surface area contributed by atoms with Gasteiger partial charge in [-0.2, -0.15) is 0 Å². The summed E-state index contributed by atoms with van der Waals surface area (Å²) in [6, 6.07) is 9.88. The van der Waals surface area contributed by atoms with Crippen LogP contribution in [0.1, 0.15) is 35.1 Å². The molecule has 2 heterocycles. The molecule has 0 fully saturated rings. The highest BCUT2D eigenvalue weighted by Gasteiger charge is 2.16. The van der Waals surface area contributed by atoms with Crippen LogP contribution in [0, 0.1) is 13.8 Å². The quantitative estimate of drug-likeness (QED) is 0.735. The van der Waals surface area contributed by atoms with Gasteiger partial charge in [0, 0.05) is 23.8 Å². The van der Waals surface area contributed by atoms with Crippen molar-refractivity contribution < 1.29 is 14.0 Å². The minimum Gasteiger partial charge on any atom is -0.456 e. The van der Waals surface area contributed by atoms with Crippen molar-refractivity contribution in [3.8, 4) is 0 Å². The lowest BCUT2D eigenvalue weighted by Crippen LogP contribution is -2.24. The van der Waals surface area contributed by atoms with E-state index < -0.39 is 0 Å². The maximum atomic E-state index is 12.4. The highest BCUT2D eigenvalue weighted by molar-refractivity contribution is 6.02. The molecule has 26 heavy (non-hydrogen) atoms. The first-order chi connectivity index (χ1) is 12.4. The predicted octanol–water partition coefficient (Wildman–Crippen LogP) is 3.54. The minimum atomic E-state index is -0.376. The Morgan fingerprint density at radius 1 is 1.04 bits per heavy atom. The van der Waals surface area contributed by atoms with Crippen molar-refractivity contribution >= 4 is 23.2 Å². The Kier molecular flexibility index (Phi) is 4.88. The number of carbonyl (C=O) groups is 2. The molecule has 7 nitrogen and oxygen atoms in total. The van der Waals surface area contributed by atoms with Crippen molar-refractivity contribution in [2.75, 3.05) is 10.6 Å². The van der Waals surface area contributed by atoms with E-state index in [1.165, 1.54) is 0 Å². The van der Waals surface area contributed by atoms with Gasteiger partial charge in [0.05, 0.1) is 0 Å². The van der Waals surface area contributed by atoms with Gasteiger partial charge in [-0.1, -0.05) is 0 Å². The maximum Gasteiger partial charge on any atom is 0.291 e. The second-order valence-corrected chi connectivity index (χ2v) is 5.99. The zero-order chi connectivity index (χ0) is 18.7. The second-order valence-electron chi connectivity index (χ2n) is 5.99. The van der Waals surface area contributed by atoms with Crippen molar-refractivity contribution in [3.63, 3.8) is 0 Å². The minimum absolute atomic E-state index is 0.144. The summed E-state index contributed by atoms with van der Waals surface area (Å²) in [5.74, 6) is 1.24. The zero-order valence-electron chi connectivity index (χ0n) is 14.8. The average Bonchev–Trinajstić information content (AvgIpc) is 3.24. The summed E-state index contributed by atoms with van der Waals surface area (Å²) in [5, 5.41) is 5.60. The van der Waals surface area contributed by atoms with Gasteiger partial charge in [-0.05, 0) is 57.2 Å². The van der Waals surface area contributed by atoms with E-state index in [0.717, 1.165) is 5.82 Å². The molecule has 0 spiro atoms. The lowest BCUT2D eigenvalue weighted by Gasteiger charge is -2.15. The molecule has 1 unspecified atom stereocenters. The van der Waals surface area contributed by atoms with Crippen LogP contribution >= 0.6 is 0 Å². The molecule has 3 rings (SSSR count). The third-order valence-corrected chi connectivity index (χ3v) is 4.03. The molecule has 7 heteroatoms. The number of benzene rings is 1. The summed E-state index contributed by atoms with van der Waals surface area (Å²) in [7, 11) is 0. The molecule has 2 N–H and O–H groups in total. The smallest absolute Gasteiger partial charge is 0.291 e. The highest BCUT2D eigenvalue weighted by Crippen LogP contribution is 2.17. The van der Waals surface area contributed by atoms with Gasteiger partial charge in [-0.15, -0.1) is 0 Å². The number of hydrogen-bond acceptors (Lipinski definition) is 4. The largest absolute Gasteiger partial charge is 0.456 e. The number of nitrogens with zero attached hydrogens (tertiary/aromatic N) is 2. The highest BCUT2D eigenvalue weighted by atomic mass is 16.3. The summed E-state index contributed by atoms with van der Waals surface area (Å²) < 4.78 is 7.09. The van der Waals surface area contributed by atoms with Crippen LogP contribution in [0.2, 0.25) is 0 Å². The fraction of sp³-hybridized carbons (Fsp3) is 0.211. The Labute approximate surface area is 151 Å². The van der Waals surface area contributed by atoms with Crippen LogP contribution in [-0.4, -0.2) is 21.4 Å². The van der Waals surface area contributed by atoms with Crippen molar-refractivity contribution in [3.05, 3.63) is 66.1 Å².